The highest BCUT2D eigenvalue weighted by molar-refractivity contribution is 7.91. The normalized spacial score (nSPS) is 11.6. The Kier molecular flexibility index (Phi) is 4.34. The third kappa shape index (κ3) is 2.79. The fourth-order valence-electron chi connectivity index (χ4n) is 2.49. The Labute approximate surface area is 144 Å². The molecule has 0 amide bonds. The van der Waals surface area contributed by atoms with Crippen molar-refractivity contribution in [1.82, 2.24) is 4.40 Å². The van der Waals surface area contributed by atoms with Crippen molar-refractivity contribution in [3.8, 4) is 0 Å². The molecule has 0 fully saturated rings. The summed E-state index contributed by atoms with van der Waals surface area (Å²) in [4.78, 5) is 12.2. The van der Waals surface area contributed by atoms with Crippen molar-refractivity contribution in [2.45, 2.75) is 16.7 Å². The fourth-order valence-corrected chi connectivity index (χ4v) is 4.39. The average molecular weight is 364 g/mol. The minimum absolute atomic E-state index is 0.00280. The van der Waals surface area contributed by atoms with E-state index in [1.807, 2.05) is 0 Å². The van der Waals surface area contributed by atoms with E-state index in [-0.39, 0.29) is 22.0 Å². The minimum atomic E-state index is -3.94. The van der Waals surface area contributed by atoms with Gasteiger partial charge in [-0.1, -0.05) is 23.7 Å². The van der Waals surface area contributed by atoms with Gasteiger partial charge in [-0.25, -0.2) is 13.2 Å². The van der Waals surface area contributed by atoms with Gasteiger partial charge in [-0.15, -0.1) is 0 Å². The maximum Gasteiger partial charge on any atom is 0.341 e. The summed E-state index contributed by atoms with van der Waals surface area (Å²) in [7, 11) is -3.94. The molecule has 7 heteroatoms. The Morgan fingerprint density at radius 1 is 1.21 bits per heavy atom. The van der Waals surface area contributed by atoms with Crippen LogP contribution < -0.4 is 0 Å². The van der Waals surface area contributed by atoms with Crippen molar-refractivity contribution in [2.24, 2.45) is 0 Å². The van der Waals surface area contributed by atoms with Gasteiger partial charge in [0.05, 0.1) is 22.6 Å². The van der Waals surface area contributed by atoms with Gasteiger partial charge < -0.3 is 9.14 Å². The van der Waals surface area contributed by atoms with Crippen LogP contribution in [0.4, 0.5) is 0 Å². The van der Waals surface area contributed by atoms with Crippen LogP contribution in [0.5, 0.6) is 0 Å². The Morgan fingerprint density at radius 2 is 2.00 bits per heavy atom. The van der Waals surface area contributed by atoms with Gasteiger partial charge in [0.25, 0.3) is 0 Å². The second-order valence-electron chi connectivity index (χ2n) is 5.05. The number of fused-ring (bicyclic) bond motifs is 1. The zero-order chi connectivity index (χ0) is 17.3. The number of hydrogen-bond acceptors (Lipinski definition) is 4. The summed E-state index contributed by atoms with van der Waals surface area (Å²) in [5.74, 6) is -0.679. The lowest BCUT2D eigenvalue weighted by Crippen LogP contribution is -2.10. The number of ether oxygens (including phenoxy) is 1. The summed E-state index contributed by atoms with van der Waals surface area (Å²) in [5, 5.41) is 0.303. The number of rotatable bonds is 4. The second-order valence-corrected chi connectivity index (χ2v) is 7.37. The maximum absolute atomic E-state index is 13.1. The number of sulfone groups is 1. The van der Waals surface area contributed by atoms with Crippen LogP contribution in [0.15, 0.2) is 64.6 Å². The molecule has 3 rings (SSSR count). The van der Waals surface area contributed by atoms with Crippen LogP contribution in [0.1, 0.15) is 17.3 Å². The maximum atomic E-state index is 13.1. The van der Waals surface area contributed by atoms with Crippen LogP contribution in [0.3, 0.4) is 0 Å². The summed E-state index contributed by atoms with van der Waals surface area (Å²) in [6.45, 7) is 1.82. The van der Waals surface area contributed by atoms with Gasteiger partial charge in [-0.05, 0) is 37.3 Å². The summed E-state index contributed by atoms with van der Waals surface area (Å²) in [5.41, 5.74) is 0.406. The first kappa shape index (κ1) is 16.5. The van der Waals surface area contributed by atoms with Crippen molar-refractivity contribution < 1.29 is 17.9 Å². The van der Waals surface area contributed by atoms with E-state index in [4.69, 9.17) is 16.3 Å². The Morgan fingerprint density at radius 3 is 2.71 bits per heavy atom. The van der Waals surface area contributed by atoms with E-state index < -0.39 is 15.8 Å². The fraction of sp³-hybridized carbons (Fsp3) is 0.118. The van der Waals surface area contributed by atoms with Crippen molar-refractivity contribution in [3.05, 3.63) is 65.4 Å². The molecule has 3 aromatic rings. The molecule has 0 bridgehead atoms. The van der Waals surface area contributed by atoms with Crippen molar-refractivity contribution in [3.63, 3.8) is 0 Å². The number of carbonyl (C=O) groups excluding carboxylic acids is 1. The molecule has 0 aliphatic carbocycles. The molecule has 0 radical (unpaired) electrons. The van der Waals surface area contributed by atoms with E-state index >= 15 is 0 Å². The molecule has 0 saturated heterocycles. The largest absolute Gasteiger partial charge is 0.462 e. The highest BCUT2D eigenvalue weighted by Crippen LogP contribution is 2.31. The number of aromatic nitrogens is 1. The third-order valence-electron chi connectivity index (χ3n) is 3.51. The number of nitrogens with zero attached hydrogens (tertiary/aromatic N) is 1. The molecule has 0 unspecified atom stereocenters. The molecule has 0 aliphatic heterocycles. The van der Waals surface area contributed by atoms with Gasteiger partial charge in [0.15, 0.2) is 0 Å². The lowest BCUT2D eigenvalue weighted by Gasteiger charge is -2.07. The smallest absolute Gasteiger partial charge is 0.341 e. The van der Waals surface area contributed by atoms with Crippen LogP contribution in [-0.2, 0) is 14.6 Å². The molecule has 2 aromatic heterocycles. The number of hydrogen-bond donors (Lipinski definition) is 0. The predicted molar refractivity (Wildman–Crippen MR) is 90.3 cm³/mol. The number of benzene rings is 1. The quantitative estimate of drug-likeness (QED) is 0.664. The topological polar surface area (TPSA) is 64.8 Å². The predicted octanol–water partition coefficient (Wildman–Crippen LogP) is 3.60. The highest BCUT2D eigenvalue weighted by Gasteiger charge is 2.29. The number of halogens is 1. The van der Waals surface area contributed by atoms with Crippen molar-refractivity contribution >= 4 is 32.9 Å². The van der Waals surface area contributed by atoms with Gasteiger partial charge in [-0.2, -0.15) is 0 Å². The van der Waals surface area contributed by atoms with Crippen LogP contribution in [-0.4, -0.2) is 25.4 Å². The van der Waals surface area contributed by atoms with Crippen LogP contribution in [0, 0.1) is 0 Å². The molecular formula is C17H14ClNO4S. The lowest BCUT2D eigenvalue weighted by atomic mass is 10.3. The minimum Gasteiger partial charge on any atom is -0.462 e. The zero-order valence-electron chi connectivity index (χ0n) is 12.8. The standard InChI is InChI=1S/C17H14ClNO4S/c1-2-23-17(20)14-11-19-9-4-3-8-15(19)16(14)24(21,22)13-7-5-6-12(18)10-13/h3-11H,2H2,1H3. The molecule has 124 valence electrons. The molecule has 0 spiro atoms. The zero-order valence-corrected chi connectivity index (χ0v) is 14.3. The Hall–Kier alpha value is -2.31. The van der Waals surface area contributed by atoms with E-state index in [1.165, 1.54) is 18.3 Å². The average Bonchev–Trinajstić information content (AvgIpc) is 2.95. The van der Waals surface area contributed by atoms with Crippen LogP contribution in [0.2, 0.25) is 5.02 Å². The molecule has 1 aromatic carbocycles. The molecule has 0 saturated carbocycles. The Balaban J connectivity index is 2.31. The molecule has 0 N–H and O–H groups in total. The first-order valence-electron chi connectivity index (χ1n) is 7.22. The molecule has 0 atom stereocenters. The van der Waals surface area contributed by atoms with E-state index in [9.17, 15) is 13.2 Å². The first-order chi connectivity index (χ1) is 11.4. The lowest BCUT2D eigenvalue weighted by molar-refractivity contribution is 0.0522. The van der Waals surface area contributed by atoms with E-state index in [2.05, 4.69) is 0 Å². The highest BCUT2D eigenvalue weighted by atomic mass is 35.5. The van der Waals surface area contributed by atoms with Gasteiger partial charge in [0.1, 0.15) is 4.90 Å². The molecule has 24 heavy (non-hydrogen) atoms. The second kappa shape index (κ2) is 6.30. The number of pyridine rings is 1. The summed E-state index contributed by atoms with van der Waals surface area (Å²) >= 11 is 5.92. The SMILES string of the molecule is CCOC(=O)c1cn2ccccc2c1S(=O)(=O)c1cccc(Cl)c1. The molecule has 5 nitrogen and oxygen atoms in total. The van der Waals surface area contributed by atoms with Crippen LogP contribution >= 0.6 is 11.6 Å². The molecular weight excluding hydrogens is 350 g/mol. The van der Waals surface area contributed by atoms with Gasteiger partial charge in [0, 0.05) is 17.4 Å². The molecule has 2 heterocycles. The first-order valence-corrected chi connectivity index (χ1v) is 9.08. The molecule has 0 aliphatic rings. The van der Waals surface area contributed by atoms with E-state index in [0.29, 0.717) is 10.5 Å². The van der Waals surface area contributed by atoms with Crippen molar-refractivity contribution in [2.75, 3.05) is 6.61 Å². The van der Waals surface area contributed by atoms with Gasteiger partial charge in [-0.3, -0.25) is 0 Å². The van der Waals surface area contributed by atoms with Crippen molar-refractivity contribution in [1.29, 1.82) is 0 Å². The van der Waals surface area contributed by atoms with E-state index in [1.54, 1.807) is 47.9 Å². The van der Waals surface area contributed by atoms with Crippen LogP contribution in [0.25, 0.3) is 5.52 Å². The Bertz CT molecular complexity index is 1020. The third-order valence-corrected chi connectivity index (χ3v) is 5.58. The summed E-state index contributed by atoms with van der Waals surface area (Å²) < 4.78 is 32.8. The monoisotopic (exact) mass is 363 g/mol. The summed E-state index contributed by atoms with van der Waals surface area (Å²) in [6.07, 6.45) is 3.14. The number of esters is 1. The van der Waals surface area contributed by atoms with E-state index in [0.717, 1.165) is 0 Å². The number of carbonyl (C=O) groups is 1. The van der Waals surface area contributed by atoms with Gasteiger partial charge in [0.2, 0.25) is 9.84 Å². The summed E-state index contributed by atoms with van der Waals surface area (Å²) in [6, 6.07) is 11.0. The van der Waals surface area contributed by atoms with Gasteiger partial charge >= 0.3 is 5.97 Å².